The van der Waals surface area contributed by atoms with E-state index in [0.29, 0.717) is 31.9 Å². The second-order valence-corrected chi connectivity index (χ2v) is 9.76. The molecule has 3 aliphatic heterocycles. The van der Waals surface area contributed by atoms with Crippen molar-refractivity contribution in [2.24, 2.45) is 5.92 Å². The molecule has 0 bridgehead atoms. The number of hydrogen-bond acceptors (Lipinski definition) is 8. The summed E-state index contributed by atoms with van der Waals surface area (Å²) in [7, 11) is 0. The lowest BCUT2D eigenvalue weighted by molar-refractivity contribution is -0.193. The molecule has 10 nitrogen and oxygen atoms in total. The second-order valence-electron chi connectivity index (χ2n) is 9.76. The lowest BCUT2D eigenvalue weighted by atomic mass is 9.96. The number of pyridine rings is 1. The molecule has 16 heteroatoms. The van der Waals surface area contributed by atoms with Crippen LogP contribution in [0.3, 0.4) is 0 Å². The van der Waals surface area contributed by atoms with Crippen molar-refractivity contribution in [2.75, 3.05) is 50.9 Å². The molecular formula is C23H30F6N6O4. The molecule has 39 heavy (non-hydrogen) atoms. The molecule has 218 valence electrons. The first-order chi connectivity index (χ1) is 18.3. The molecule has 4 rings (SSSR count). The summed E-state index contributed by atoms with van der Waals surface area (Å²) in [6.07, 6.45) is -7.91. The number of rotatable bonds is 7. The molecule has 2 fully saturated rings. The molecule has 1 aromatic heterocycles. The van der Waals surface area contributed by atoms with Gasteiger partial charge in [0, 0.05) is 50.9 Å². The van der Waals surface area contributed by atoms with Crippen LogP contribution in [0.4, 0.5) is 32.2 Å². The number of fused-ring (bicyclic) bond motifs is 3. The van der Waals surface area contributed by atoms with Crippen LogP contribution in [0.15, 0.2) is 12.3 Å². The van der Waals surface area contributed by atoms with Crippen molar-refractivity contribution in [3.05, 3.63) is 17.8 Å². The van der Waals surface area contributed by atoms with Crippen LogP contribution in [0.5, 0.6) is 5.75 Å². The van der Waals surface area contributed by atoms with Gasteiger partial charge in [-0.2, -0.15) is 26.3 Å². The Hall–Kier alpha value is -2.85. The zero-order valence-electron chi connectivity index (χ0n) is 21.1. The minimum Gasteiger partial charge on any atom is -0.490 e. The van der Waals surface area contributed by atoms with Crippen molar-refractivity contribution in [2.45, 2.75) is 50.2 Å². The number of halogens is 6. The Morgan fingerprint density at radius 3 is 2.77 bits per heavy atom. The molecule has 4 atom stereocenters. The number of ether oxygens (including phenoxy) is 2. The van der Waals surface area contributed by atoms with Crippen molar-refractivity contribution in [3.63, 3.8) is 0 Å². The van der Waals surface area contributed by atoms with Gasteiger partial charge < -0.3 is 24.6 Å². The van der Waals surface area contributed by atoms with Crippen LogP contribution >= 0.6 is 0 Å². The predicted octanol–water partition coefficient (Wildman–Crippen LogP) is 1.47. The minimum absolute atomic E-state index is 0.0338. The average molecular weight is 569 g/mol. The van der Waals surface area contributed by atoms with E-state index < -0.39 is 41.8 Å². The van der Waals surface area contributed by atoms with Gasteiger partial charge in [0.05, 0.1) is 37.8 Å². The van der Waals surface area contributed by atoms with Gasteiger partial charge in [-0.25, -0.2) is 10.4 Å². The van der Waals surface area contributed by atoms with Crippen LogP contribution in [0.2, 0.25) is 0 Å². The van der Waals surface area contributed by atoms with Crippen molar-refractivity contribution >= 4 is 17.6 Å². The maximum absolute atomic E-state index is 13.3. The van der Waals surface area contributed by atoms with E-state index in [9.17, 15) is 35.9 Å². The smallest absolute Gasteiger partial charge is 0.418 e. The van der Waals surface area contributed by atoms with Crippen LogP contribution in [-0.2, 0) is 20.5 Å². The van der Waals surface area contributed by atoms with Crippen LogP contribution in [0, 0.1) is 5.92 Å². The third-order valence-electron chi connectivity index (χ3n) is 6.87. The normalized spacial score (nSPS) is 24.7. The van der Waals surface area contributed by atoms with Gasteiger partial charge in [0.1, 0.15) is 0 Å². The lowest BCUT2D eigenvalue weighted by Gasteiger charge is -2.41. The Balaban J connectivity index is 1.23. The molecule has 0 saturated carbocycles. The zero-order chi connectivity index (χ0) is 28.4. The van der Waals surface area contributed by atoms with E-state index >= 15 is 0 Å². The molecule has 3 N–H and O–H groups in total. The van der Waals surface area contributed by atoms with Gasteiger partial charge in [-0.15, -0.1) is 0 Å². The number of amides is 2. The van der Waals surface area contributed by atoms with Gasteiger partial charge in [-0.05, 0) is 13.0 Å². The van der Waals surface area contributed by atoms with Gasteiger partial charge >= 0.3 is 12.4 Å². The highest BCUT2D eigenvalue weighted by atomic mass is 19.4. The number of carbonyl (C=O) groups is 2. The number of nitrogens with zero attached hydrogens (tertiary/aromatic N) is 3. The fourth-order valence-electron chi connectivity index (χ4n) is 4.98. The number of alkyl halides is 6. The summed E-state index contributed by atoms with van der Waals surface area (Å²) in [4.78, 5) is 32.0. The first kappa shape index (κ1) is 29.1. The highest BCUT2D eigenvalue weighted by molar-refractivity contribution is 5.80. The third kappa shape index (κ3) is 7.03. The molecule has 1 aromatic rings. The molecule has 4 heterocycles. The van der Waals surface area contributed by atoms with E-state index in [1.165, 1.54) is 0 Å². The molecule has 0 aliphatic carbocycles. The predicted molar refractivity (Wildman–Crippen MR) is 125 cm³/mol. The summed E-state index contributed by atoms with van der Waals surface area (Å²) in [6, 6.07) is -0.916. The number of anilines is 1. The quantitative estimate of drug-likeness (QED) is 0.336. The largest absolute Gasteiger partial charge is 0.490 e. The number of carbonyl (C=O) groups excluding carboxylic acids is 2. The maximum atomic E-state index is 13.3. The molecule has 0 aromatic carbocycles. The van der Waals surface area contributed by atoms with E-state index in [4.69, 9.17) is 9.47 Å². The molecule has 2 amide bonds. The van der Waals surface area contributed by atoms with Crippen LogP contribution < -0.4 is 25.8 Å². The highest BCUT2D eigenvalue weighted by Gasteiger charge is 2.51. The summed E-state index contributed by atoms with van der Waals surface area (Å²) in [5, 5.41) is 2.76. The highest BCUT2D eigenvalue weighted by Crippen LogP contribution is 2.38. The van der Waals surface area contributed by atoms with Gasteiger partial charge in [0.15, 0.2) is 17.5 Å². The van der Waals surface area contributed by atoms with Crippen molar-refractivity contribution in [3.8, 4) is 5.75 Å². The summed E-state index contributed by atoms with van der Waals surface area (Å²) >= 11 is 0. The minimum atomic E-state index is -4.70. The van der Waals surface area contributed by atoms with E-state index in [-0.39, 0.29) is 50.5 Å². The SMILES string of the molecule is C[C@@H](COCCC(=O)N1CCN2c3ncc(C(F)(F)F)cc3OCC[C@H]2C1)NC1CNNC(=O)C1C(F)(F)F. The molecule has 0 radical (unpaired) electrons. The topological polar surface area (TPSA) is 108 Å². The number of nitrogens with one attached hydrogen (secondary N) is 3. The lowest BCUT2D eigenvalue weighted by Crippen LogP contribution is -2.64. The monoisotopic (exact) mass is 568 g/mol. The first-order valence-corrected chi connectivity index (χ1v) is 12.5. The Morgan fingerprint density at radius 1 is 1.28 bits per heavy atom. The standard InChI is InChI=1S/C23H30F6N6O4/c1-13(32-16-10-31-33-21(37)19(16)23(27,28)29)12-38-6-3-18(36)34-4-5-35-15(11-34)2-7-39-17-8-14(22(24,25)26)9-30-20(17)35/h8-9,13,15-16,19,31-32H,2-7,10-12H2,1H3,(H,33,37)/t13-,15-,16?,19?/m0/s1. The Kier molecular flexibility index (Phi) is 8.75. The van der Waals surface area contributed by atoms with E-state index in [1.54, 1.807) is 11.8 Å². The van der Waals surface area contributed by atoms with E-state index in [1.807, 2.05) is 10.3 Å². The maximum Gasteiger partial charge on any atom is 0.418 e. The molecule has 2 saturated heterocycles. The number of piperazine rings is 1. The van der Waals surface area contributed by atoms with Crippen LogP contribution in [-0.4, -0.2) is 92.0 Å². The van der Waals surface area contributed by atoms with Crippen molar-refractivity contribution < 1.29 is 45.4 Å². The zero-order valence-corrected chi connectivity index (χ0v) is 21.1. The summed E-state index contributed by atoms with van der Waals surface area (Å²) in [5.74, 6) is -3.14. The van der Waals surface area contributed by atoms with Crippen molar-refractivity contribution in [1.82, 2.24) is 26.1 Å². The number of hydrogen-bond donors (Lipinski definition) is 3. The van der Waals surface area contributed by atoms with Gasteiger partial charge in [0.2, 0.25) is 11.8 Å². The van der Waals surface area contributed by atoms with E-state index in [0.717, 1.165) is 12.3 Å². The molecule has 3 aliphatic rings. The van der Waals surface area contributed by atoms with Crippen LogP contribution in [0.25, 0.3) is 0 Å². The Bertz CT molecular complexity index is 1040. The molecular weight excluding hydrogens is 538 g/mol. The van der Waals surface area contributed by atoms with Crippen LogP contribution in [0.1, 0.15) is 25.3 Å². The Morgan fingerprint density at radius 2 is 2.05 bits per heavy atom. The van der Waals surface area contributed by atoms with Gasteiger partial charge in [-0.3, -0.25) is 15.0 Å². The molecule has 2 unspecified atom stereocenters. The number of aromatic nitrogens is 1. The third-order valence-corrected chi connectivity index (χ3v) is 6.87. The average Bonchev–Trinajstić information content (AvgIpc) is 3.03. The molecule has 0 spiro atoms. The number of hydrazine groups is 1. The second kappa shape index (κ2) is 11.7. The van der Waals surface area contributed by atoms with Gasteiger partial charge in [-0.1, -0.05) is 0 Å². The summed E-state index contributed by atoms with van der Waals surface area (Å²) in [6.45, 7) is 2.83. The van der Waals surface area contributed by atoms with Crippen molar-refractivity contribution in [1.29, 1.82) is 0 Å². The first-order valence-electron chi connectivity index (χ1n) is 12.5. The van der Waals surface area contributed by atoms with E-state index in [2.05, 4.69) is 15.7 Å². The summed E-state index contributed by atoms with van der Waals surface area (Å²) < 4.78 is 90.0. The fourth-order valence-corrected chi connectivity index (χ4v) is 4.98. The fraction of sp³-hybridized carbons (Fsp3) is 0.696. The van der Waals surface area contributed by atoms with Gasteiger partial charge in [0.25, 0.3) is 0 Å². The summed E-state index contributed by atoms with van der Waals surface area (Å²) in [5.41, 5.74) is 3.54. The Labute approximate surface area is 220 Å².